The number of hydrogen-bond acceptors (Lipinski definition) is 5. The molecule has 3 N–H and O–H groups in total. The molecule has 0 bridgehead atoms. The van der Waals surface area contributed by atoms with Gasteiger partial charge in [0.15, 0.2) is 6.10 Å². The number of rotatable bonds is 7. The third-order valence-corrected chi connectivity index (χ3v) is 4.77. The molecule has 132 valence electrons. The van der Waals surface area contributed by atoms with Gasteiger partial charge in [-0.05, 0) is 30.7 Å². The van der Waals surface area contributed by atoms with Gasteiger partial charge < -0.3 is 10.5 Å². The quantitative estimate of drug-likeness (QED) is 0.718. The van der Waals surface area contributed by atoms with Gasteiger partial charge >= 0.3 is 5.97 Å². The maximum absolute atomic E-state index is 12.4. The van der Waals surface area contributed by atoms with Gasteiger partial charge in [0.25, 0.3) is 5.91 Å². The molecule has 0 aromatic heterocycles. The van der Waals surface area contributed by atoms with Crippen LogP contribution in [0.5, 0.6) is 0 Å². The molecule has 0 saturated heterocycles. The summed E-state index contributed by atoms with van der Waals surface area (Å²) >= 11 is 0. The summed E-state index contributed by atoms with van der Waals surface area (Å²) in [6, 6.07) is 14.4. The van der Waals surface area contributed by atoms with Crippen molar-refractivity contribution in [3.05, 3.63) is 65.7 Å². The molecular formula is C17H18N2O5S. The van der Waals surface area contributed by atoms with Crippen LogP contribution in [-0.4, -0.2) is 26.4 Å². The minimum atomic E-state index is -3.81. The van der Waals surface area contributed by atoms with Crippen LogP contribution in [-0.2, 0) is 26.1 Å². The summed E-state index contributed by atoms with van der Waals surface area (Å²) in [7, 11) is -3.81. The van der Waals surface area contributed by atoms with E-state index in [4.69, 9.17) is 10.5 Å². The molecule has 8 heteroatoms. The highest BCUT2D eigenvalue weighted by Crippen LogP contribution is 2.14. The van der Waals surface area contributed by atoms with Crippen LogP contribution in [0.4, 0.5) is 0 Å². The number of primary amides is 1. The Morgan fingerprint density at radius 1 is 1.12 bits per heavy atom. The van der Waals surface area contributed by atoms with Crippen LogP contribution in [0, 0.1) is 0 Å². The molecule has 1 atom stereocenters. The molecule has 0 radical (unpaired) electrons. The van der Waals surface area contributed by atoms with Crippen LogP contribution >= 0.6 is 0 Å². The second-order valence-electron chi connectivity index (χ2n) is 5.29. The molecule has 7 nitrogen and oxygen atoms in total. The van der Waals surface area contributed by atoms with Gasteiger partial charge in [-0.15, -0.1) is 0 Å². The topological polar surface area (TPSA) is 116 Å². The van der Waals surface area contributed by atoms with Crippen molar-refractivity contribution < 1.29 is 22.7 Å². The van der Waals surface area contributed by atoms with Crippen molar-refractivity contribution in [2.24, 2.45) is 5.73 Å². The molecule has 1 amide bonds. The third kappa shape index (κ3) is 5.13. The van der Waals surface area contributed by atoms with Crippen LogP contribution in [0.15, 0.2) is 59.5 Å². The fourth-order valence-electron chi connectivity index (χ4n) is 1.93. The number of nitrogens with two attached hydrogens (primary N) is 1. The number of carbonyl (C=O) groups excluding carboxylic acids is 2. The molecule has 0 aliphatic rings. The Labute approximate surface area is 145 Å². The monoisotopic (exact) mass is 362 g/mol. The Bertz CT molecular complexity index is 866. The fraction of sp³-hybridized carbons (Fsp3) is 0.176. The fourth-order valence-corrected chi connectivity index (χ4v) is 3.00. The van der Waals surface area contributed by atoms with Crippen LogP contribution in [0.3, 0.4) is 0 Å². The summed E-state index contributed by atoms with van der Waals surface area (Å²) in [6.45, 7) is 1.46. The molecule has 2 aromatic rings. The highest BCUT2D eigenvalue weighted by Gasteiger charge is 2.19. The van der Waals surface area contributed by atoms with E-state index in [1.807, 2.05) is 6.07 Å². The van der Waals surface area contributed by atoms with Crippen LogP contribution in [0.25, 0.3) is 0 Å². The summed E-state index contributed by atoms with van der Waals surface area (Å²) in [4.78, 5) is 22.8. The molecule has 2 aromatic carbocycles. The van der Waals surface area contributed by atoms with Crippen LogP contribution in [0.2, 0.25) is 0 Å². The summed E-state index contributed by atoms with van der Waals surface area (Å²) in [5, 5.41) is 0. The van der Waals surface area contributed by atoms with Crippen molar-refractivity contribution in [2.75, 3.05) is 0 Å². The van der Waals surface area contributed by atoms with Crippen molar-refractivity contribution in [3.8, 4) is 0 Å². The largest absolute Gasteiger partial charge is 0.449 e. The standard InChI is InChI=1S/C17H18N2O5S/c1-12(16(18)20)24-17(21)14-8-5-9-15(10-14)25(22,23)19-11-13-6-3-2-4-7-13/h2-10,12,19H,11H2,1H3,(H2,18,20)/t12-/m1/s1. The lowest BCUT2D eigenvalue weighted by atomic mass is 10.2. The van der Waals surface area contributed by atoms with Gasteiger partial charge in [-0.2, -0.15) is 0 Å². The molecule has 25 heavy (non-hydrogen) atoms. The number of benzene rings is 2. The molecule has 0 fully saturated rings. The van der Waals surface area contributed by atoms with E-state index in [2.05, 4.69) is 4.72 Å². The maximum Gasteiger partial charge on any atom is 0.338 e. The van der Waals surface area contributed by atoms with Crippen molar-refractivity contribution in [1.82, 2.24) is 4.72 Å². The number of amides is 1. The van der Waals surface area contributed by atoms with Crippen LogP contribution < -0.4 is 10.5 Å². The number of hydrogen-bond donors (Lipinski definition) is 2. The summed E-state index contributed by atoms with van der Waals surface area (Å²) in [5.41, 5.74) is 5.85. The predicted octanol–water partition coefficient (Wildman–Crippen LogP) is 1.20. The predicted molar refractivity (Wildman–Crippen MR) is 91.0 cm³/mol. The van der Waals surface area contributed by atoms with Gasteiger partial charge in [0.1, 0.15) is 0 Å². The average molecular weight is 362 g/mol. The second-order valence-corrected chi connectivity index (χ2v) is 7.05. The van der Waals surface area contributed by atoms with E-state index in [1.54, 1.807) is 24.3 Å². The third-order valence-electron chi connectivity index (χ3n) is 3.37. The average Bonchev–Trinajstić information content (AvgIpc) is 2.61. The zero-order chi connectivity index (χ0) is 18.4. The van der Waals surface area contributed by atoms with Gasteiger partial charge in [-0.25, -0.2) is 17.9 Å². The van der Waals surface area contributed by atoms with Crippen LogP contribution in [0.1, 0.15) is 22.8 Å². The zero-order valence-corrected chi connectivity index (χ0v) is 14.3. The molecule has 0 heterocycles. The van der Waals surface area contributed by atoms with Crippen molar-refractivity contribution in [2.45, 2.75) is 24.5 Å². The SMILES string of the molecule is C[C@@H](OC(=O)c1cccc(S(=O)(=O)NCc2ccccc2)c1)C(N)=O. The van der Waals surface area contributed by atoms with E-state index >= 15 is 0 Å². The Morgan fingerprint density at radius 3 is 2.44 bits per heavy atom. The van der Waals surface area contributed by atoms with Crippen molar-refractivity contribution in [3.63, 3.8) is 0 Å². The second kappa shape index (κ2) is 7.91. The number of nitrogens with one attached hydrogen (secondary N) is 1. The maximum atomic E-state index is 12.4. The lowest BCUT2D eigenvalue weighted by Gasteiger charge is -2.11. The normalized spacial score (nSPS) is 12.4. The van der Waals surface area contributed by atoms with E-state index < -0.39 is 28.0 Å². The molecular weight excluding hydrogens is 344 g/mol. The minimum Gasteiger partial charge on any atom is -0.449 e. The highest BCUT2D eigenvalue weighted by atomic mass is 32.2. The van der Waals surface area contributed by atoms with E-state index in [-0.39, 0.29) is 17.0 Å². The van der Waals surface area contributed by atoms with Gasteiger partial charge in [-0.3, -0.25) is 4.79 Å². The van der Waals surface area contributed by atoms with E-state index in [9.17, 15) is 18.0 Å². The molecule has 2 rings (SSSR count). The van der Waals surface area contributed by atoms with Gasteiger partial charge in [0, 0.05) is 6.54 Å². The number of esters is 1. The molecule has 0 saturated carbocycles. The molecule has 0 aliphatic carbocycles. The first-order valence-corrected chi connectivity index (χ1v) is 8.92. The van der Waals surface area contributed by atoms with Gasteiger partial charge in [0.05, 0.1) is 10.5 Å². The Kier molecular flexibility index (Phi) is 5.89. The highest BCUT2D eigenvalue weighted by molar-refractivity contribution is 7.89. The number of carbonyl (C=O) groups is 2. The first-order valence-electron chi connectivity index (χ1n) is 7.43. The summed E-state index contributed by atoms with van der Waals surface area (Å²) in [5.74, 6) is -1.62. The lowest BCUT2D eigenvalue weighted by Crippen LogP contribution is -2.30. The number of ether oxygens (including phenoxy) is 1. The Balaban J connectivity index is 2.13. The minimum absolute atomic E-state index is 0.00989. The smallest absolute Gasteiger partial charge is 0.338 e. The molecule has 0 aliphatic heterocycles. The molecule has 0 unspecified atom stereocenters. The first kappa shape index (κ1) is 18.6. The summed E-state index contributed by atoms with van der Waals surface area (Å²) in [6.07, 6.45) is -1.11. The Morgan fingerprint density at radius 2 is 1.80 bits per heavy atom. The Hall–Kier alpha value is -2.71. The van der Waals surface area contributed by atoms with Gasteiger partial charge in [-0.1, -0.05) is 36.4 Å². The first-order chi connectivity index (χ1) is 11.8. The van der Waals surface area contributed by atoms with Crippen molar-refractivity contribution in [1.29, 1.82) is 0 Å². The molecule has 0 spiro atoms. The number of sulfonamides is 1. The van der Waals surface area contributed by atoms with E-state index in [0.29, 0.717) is 0 Å². The summed E-state index contributed by atoms with van der Waals surface area (Å²) < 4.78 is 32.1. The lowest BCUT2D eigenvalue weighted by molar-refractivity contribution is -0.125. The van der Waals surface area contributed by atoms with E-state index in [0.717, 1.165) is 5.56 Å². The van der Waals surface area contributed by atoms with E-state index in [1.165, 1.54) is 31.2 Å². The van der Waals surface area contributed by atoms with Gasteiger partial charge in [0.2, 0.25) is 10.0 Å². The zero-order valence-electron chi connectivity index (χ0n) is 13.5. The van der Waals surface area contributed by atoms with Crippen molar-refractivity contribution >= 4 is 21.9 Å².